The standard InChI is InChI=1S/C20H14ClNO4/c21-14-3-1-2-12(8-14)13-4-6-16(20(23)24)17(9-13)22-15-5-7-18-19(10-15)26-11-25-18/h1-10,22H,11H2,(H,23,24). The largest absolute Gasteiger partial charge is 0.478 e. The molecule has 5 nitrogen and oxygen atoms in total. The summed E-state index contributed by atoms with van der Waals surface area (Å²) in [6, 6.07) is 17.9. The van der Waals surface area contributed by atoms with Crippen molar-refractivity contribution >= 4 is 28.9 Å². The predicted molar refractivity (Wildman–Crippen MR) is 99.7 cm³/mol. The highest BCUT2D eigenvalue weighted by atomic mass is 35.5. The van der Waals surface area contributed by atoms with E-state index < -0.39 is 5.97 Å². The molecule has 1 aliphatic heterocycles. The van der Waals surface area contributed by atoms with Crippen molar-refractivity contribution in [2.45, 2.75) is 0 Å². The summed E-state index contributed by atoms with van der Waals surface area (Å²) in [6.45, 7) is 0.184. The molecule has 3 aromatic rings. The molecule has 2 N–H and O–H groups in total. The number of carbonyl (C=O) groups is 1. The summed E-state index contributed by atoms with van der Waals surface area (Å²) in [6.07, 6.45) is 0. The minimum atomic E-state index is -1.01. The van der Waals surface area contributed by atoms with Gasteiger partial charge in [0, 0.05) is 16.8 Å². The summed E-state index contributed by atoms with van der Waals surface area (Å²) in [5.74, 6) is 0.283. The first-order valence-electron chi connectivity index (χ1n) is 7.90. The zero-order chi connectivity index (χ0) is 18.1. The van der Waals surface area contributed by atoms with Gasteiger partial charge in [-0.2, -0.15) is 0 Å². The van der Waals surface area contributed by atoms with Crippen molar-refractivity contribution in [1.82, 2.24) is 0 Å². The first kappa shape index (κ1) is 16.3. The van der Waals surface area contributed by atoms with Gasteiger partial charge in [0.2, 0.25) is 6.79 Å². The smallest absolute Gasteiger partial charge is 0.337 e. The van der Waals surface area contributed by atoms with Gasteiger partial charge in [-0.15, -0.1) is 0 Å². The molecule has 0 atom stereocenters. The lowest BCUT2D eigenvalue weighted by molar-refractivity contribution is 0.0698. The minimum Gasteiger partial charge on any atom is -0.478 e. The molecule has 0 radical (unpaired) electrons. The Hall–Kier alpha value is -3.18. The molecule has 0 aliphatic carbocycles. The van der Waals surface area contributed by atoms with Crippen LogP contribution in [0.25, 0.3) is 11.1 Å². The van der Waals surface area contributed by atoms with Gasteiger partial charge in [-0.25, -0.2) is 4.79 Å². The van der Waals surface area contributed by atoms with Gasteiger partial charge in [-0.3, -0.25) is 0 Å². The van der Waals surface area contributed by atoms with Gasteiger partial charge in [-0.1, -0.05) is 29.8 Å². The average molecular weight is 368 g/mol. The summed E-state index contributed by atoms with van der Waals surface area (Å²) < 4.78 is 10.7. The molecule has 130 valence electrons. The van der Waals surface area contributed by atoms with Crippen LogP contribution in [-0.4, -0.2) is 17.9 Å². The van der Waals surface area contributed by atoms with Crippen LogP contribution in [0.2, 0.25) is 5.02 Å². The third-order valence-corrected chi connectivity index (χ3v) is 4.29. The van der Waals surface area contributed by atoms with E-state index in [2.05, 4.69) is 5.32 Å². The number of ether oxygens (including phenoxy) is 2. The van der Waals surface area contributed by atoms with Crippen LogP contribution < -0.4 is 14.8 Å². The number of benzene rings is 3. The first-order chi connectivity index (χ1) is 12.6. The average Bonchev–Trinajstić information content (AvgIpc) is 3.09. The molecular weight excluding hydrogens is 354 g/mol. The molecule has 1 heterocycles. The number of nitrogens with one attached hydrogen (secondary N) is 1. The van der Waals surface area contributed by atoms with Crippen molar-refractivity contribution in [3.63, 3.8) is 0 Å². The van der Waals surface area contributed by atoms with Crippen LogP contribution in [-0.2, 0) is 0 Å². The van der Waals surface area contributed by atoms with Crippen molar-refractivity contribution in [2.24, 2.45) is 0 Å². The number of rotatable bonds is 4. The number of hydrogen-bond acceptors (Lipinski definition) is 4. The van der Waals surface area contributed by atoms with Crippen LogP contribution in [0.4, 0.5) is 11.4 Å². The Bertz CT molecular complexity index is 1000. The highest BCUT2D eigenvalue weighted by Gasteiger charge is 2.16. The van der Waals surface area contributed by atoms with E-state index in [-0.39, 0.29) is 12.4 Å². The first-order valence-corrected chi connectivity index (χ1v) is 8.28. The third kappa shape index (κ3) is 3.17. The van der Waals surface area contributed by atoms with E-state index in [1.807, 2.05) is 24.3 Å². The molecule has 26 heavy (non-hydrogen) atoms. The second kappa shape index (κ2) is 6.61. The van der Waals surface area contributed by atoms with E-state index in [9.17, 15) is 9.90 Å². The van der Waals surface area contributed by atoms with Gasteiger partial charge < -0.3 is 19.9 Å². The fourth-order valence-electron chi connectivity index (χ4n) is 2.81. The van der Waals surface area contributed by atoms with Crippen molar-refractivity contribution in [2.75, 3.05) is 12.1 Å². The van der Waals surface area contributed by atoms with Gasteiger partial charge in [0.25, 0.3) is 0 Å². The van der Waals surface area contributed by atoms with E-state index >= 15 is 0 Å². The van der Waals surface area contributed by atoms with Gasteiger partial charge in [0.05, 0.1) is 11.3 Å². The molecule has 0 fully saturated rings. The van der Waals surface area contributed by atoms with Crippen molar-refractivity contribution in [1.29, 1.82) is 0 Å². The molecule has 0 saturated heterocycles. The lowest BCUT2D eigenvalue weighted by Crippen LogP contribution is -2.03. The quantitative estimate of drug-likeness (QED) is 0.665. The van der Waals surface area contributed by atoms with E-state index in [1.165, 1.54) is 0 Å². The van der Waals surface area contributed by atoms with Crippen LogP contribution in [0, 0.1) is 0 Å². The lowest BCUT2D eigenvalue weighted by atomic mass is 10.0. The summed E-state index contributed by atoms with van der Waals surface area (Å²) in [4.78, 5) is 11.6. The SMILES string of the molecule is O=C(O)c1ccc(-c2cccc(Cl)c2)cc1Nc1ccc2c(c1)OCO2. The van der Waals surface area contributed by atoms with Crippen LogP contribution in [0.3, 0.4) is 0 Å². The third-order valence-electron chi connectivity index (χ3n) is 4.06. The predicted octanol–water partition coefficient (Wildman–Crippen LogP) is 5.18. The summed E-state index contributed by atoms with van der Waals surface area (Å²) in [5, 5.41) is 13.3. The molecule has 0 bridgehead atoms. The number of aromatic carboxylic acids is 1. The number of hydrogen-bond donors (Lipinski definition) is 2. The number of fused-ring (bicyclic) bond motifs is 1. The molecule has 1 aliphatic rings. The molecular formula is C20H14ClNO4. The Morgan fingerprint density at radius 3 is 2.58 bits per heavy atom. The molecule has 4 rings (SSSR count). The van der Waals surface area contributed by atoms with E-state index in [0.29, 0.717) is 27.9 Å². The zero-order valence-electron chi connectivity index (χ0n) is 13.5. The fourth-order valence-corrected chi connectivity index (χ4v) is 3.00. The van der Waals surface area contributed by atoms with Crippen molar-refractivity contribution < 1.29 is 19.4 Å². The Labute approximate surface area is 154 Å². The minimum absolute atomic E-state index is 0.174. The highest BCUT2D eigenvalue weighted by molar-refractivity contribution is 6.30. The normalized spacial score (nSPS) is 12.0. The van der Waals surface area contributed by atoms with Crippen molar-refractivity contribution in [3.05, 3.63) is 71.2 Å². The van der Waals surface area contributed by atoms with Crippen LogP contribution in [0.1, 0.15) is 10.4 Å². The summed E-state index contributed by atoms with van der Waals surface area (Å²) >= 11 is 6.06. The fraction of sp³-hybridized carbons (Fsp3) is 0.0500. The van der Waals surface area contributed by atoms with Gasteiger partial charge in [0.15, 0.2) is 11.5 Å². The van der Waals surface area contributed by atoms with E-state index in [0.717, 1.165) is 11.1 Å². The molecule has 0 aromatic heterocycles. The maximum atomic E-state index is 11.6. The molecule has 6 heteroatoms. The van der Waals surface area contributed by atoms with Gasteiger partial charge in [0.1, 0.15) is 0 Å². The monoisotopic (exact) mass is 367 g/mol. The molecule has 0 saturated carbocycles. The summed E-state index contributed by atoms with van der Waals surface area (Å²) in [7, 11) is 0. The maximum absolute atomic E-state index is 11.6. The van der Waals surface area contributed by atoms with Crippen LogP contribution >= 0.6 is 11.6 Å². The zero-order valence-corrected chi connectivity index (χ0v) is 14.3. The number of anilines is 2. The molecule has 0 spiro atoms. The maximum Gasteiger partial charge on any atom is 0.337 e. The topological polar surface area (TPSA) is 67.8 Å². The molecule has 0 amide bonds. The van der Waals surface area contributed by atoms with Crippen molar-refractivity contribution in [3.8, 4) is 22.6 Å². The summed E-state index contributed by atoms with van der Waals surface area (Å²) in [5.41, 5.74) is 3.13. The van der Waals surface area contributed by atoms with Gasteiger partial charge in [-0.05, 0) is 47.5 Å². The highest BCUT2D eigenvalue weighted by Crippen LogP contribution is 2.36. The van der Waals surface area contributed by atoms with E-state index in [1.54, 1.807) is 36.4 Å². The Balaban J connectivity index is 1.73. The second-order valence-electron chi connectivity index (χ2n) is 5.77. The van der Waals surface area contributed by atoms with E-state index in [4.69, 9.17) is 21.1 Å². The van der Waals surface area contributed by atoms with Gasteiger partial charge >= 0.3 is 5.97 Å². The van der Waals surface area contributed by atoms with Crippen LogP contribution in [0.15, 0.2) is 60.7 Å². The molecule has 3 aromatic carbocycles. The number of halogens is 1. The lowest BCUT2D eigenvalue weighted by Gasteiger charge is -2.13. The Kier molecular flexibility index (Phi) is 4.14. The Morgan fingerprint density at radius 2 is 1.77 bits per heavy atom. The Morgan fingerprint density at radius 1 is 0.962 bits per heavy atom. The number of carboxylic acids is 1. The molecule has 0 unspecified atom stereocenters. The van der Waals surface area contributed by atoms with Crippen LogP contribution in [0.5, 0.6) is 11.5 Å². The number of carboxylic acid groups (broad SMARTS) is 1. The second-order valence-corrected chi connectivity index (χ2v) is 6.21.